The molecular formula is C21H21ClN2O5. The largest absolute Gasteiger partial charge is 0.493 e. The average molecular weight is 417 g/mol. The monoisotopic (exact) mass is 416 g/mol. The minimum atomic E-state index is -0.796. The van der Waals surface area contributed by atoms with Gasteiger partial charge in [-0.2, -0.15) is 0 Å². The molecule has 0 radical (unpaired) electrons. The number of rotatable bonds is 6. The van der Waals surface area contributed by atoms with Crippen LogP contribution in [0.1, 0.15) is 24.1 Å². The molecule has 1 atom stereocenters. The second-order valence-corrected chi connectivity index (χ2v) is 6.55. The second kappa shape index (κ2) is 8.87. The Balaban J connectivity index is 2.22. The summed E-state index contributed by atoms with van der Waals surface area (Å²) in [4.78, 5) is 25.3. The molecule has 8 heteroatoms. The van der Waals surface area contributed by atoms with Gasteiger partial charge in [-0.25, -0.2) is 9.59 Å². The molecule has 0 bridgehead atoms. The standard InChI is InChI=1S/C21H21ClN2O5/c1-4-29-20(25)16-17(12-8-6-5-7-9-12)23-21(26)24-18(16)13-10-14(22)19(28-3)15(11-13)27-2/h5-11,18H,4H2,1-3H3,(H2,23,24,26)/t18-/m0/s1. The summed E-state index contributed by atoms with van der Waals surface area (Å²) < 4.78 is 15.9. The van der Waals surface area contributed by atoms with Gasteiger partial charge in [0.1, 0.15) is 0 Å². The quantitative estimate of drug-likeness (QED) is 0.701. The van der Waals surface area contributed by atoms with Crippen LogP contribution in [0.25, 0.3) is 5.70 Å². The Kier molecular flexibility index (Phi) is 6.29. The normalized spacial score (nSPS) is 16.0. The summed E-state index contributed by atoms with van der Waals surface area (Å²) in [6, 6.07) is 11.1. The highest BCUT2D eigenvalue weighted by Crippen LogP contribution is 2.40. The highest BCUT2D eigenvalue weighted by atomic mass is 35.5. The van der Waals surface area contributed by atoms with Gasteiger partial charge in [-0.1, -0.05) is 41.9 Å². The van der Waals surface area contributed by atoms with Gasteiger partial charge >= 0.3 is 12.0 Å². The van der Waals surface area contributed by atoms with E-state index >= 15 is 0 Å². The first-order chi connectivity index (χ1) is 14.0. The van der Waals surface area contributed by atoms with Crippen LogP contribution in [0.3, 0.4) is 0 Å². The predicted octanol–water partition coefficient (Wildman–Crippen LogP) is 3.69. The molecule has 2 aromatic rings. The highest BCUT2D eigenvalue weighted by Gasteiger charge is 2.35. The average Bonchev–Trinajstić information content (AvgIpc) is 2.73. The van der Waals surface area contributed by atoms with E-state index in [-0.39, 0.29) is 12.2 Å². The Morgan fingerprint density at radius 2 is 1.86 bits per heavy atom. The fraction of sp³-hybridized carbons (Fsp3) is 0.238. The predicted molar refractivity (Wildman–Crippen MR) is 109 cm³/mol. The smallest absolute Gasteiger partial charge is 0.338 e. The van der Waals surface area contributed by atoms with Crippen molar-refractivity contribution in [2.24, 2.45) is 0 Å². The molecule has 2 amide bonds. The van der Waals surface area contributed by atoms with Crippen LogP contribution in [0, 0.1) is 0 Å². The molecule has 1 heterocycles. The van der Waals surface area contributed by atoms with Crippen molar-refractivity contribution in [1.82, 2.24) is 10.6 Å². The first-order valence-corrected chi connectivity index (χ1v) is 9.33. The molecule has 152 valence electrons. The first-order valence-electron chi connectivity index (χ1n) is 8.95. The number of ether oxygens (including phenoxy) is 3. The molecular weight excluding hydrogens is 396 g/mol. The van der Waals surface area contributed by atoms with Crippen molar-refractivity contribution in [3.8, 4) is 11.5 Å². The van der Waals surface area contributed by atoms with Gasteiger partial charge < -0.3 is 24.8 Å². The van der Waals surface area contributed by atoms with Gasteiger partial charge in [-0.05, 0) is 30.2 Å². The summed E-state index contributed by atoms with van der Waals surface area (Å²) in [5.74, 6) is 0.199. The van der Waals surface area contributed by atoms with Gasteiger partial charge in [0.25, 0.3) is 0 Å². The summed E-state index contributed by atoms with van der Waals surface area (Å²) >= 11 is 6.35. The minimum absolute atomic E-state index is 0.192. The molecule has 1 aliphatic heterocycles. The molecule has 0 aromatic heterocycles. The number of urea groups is 1. The lowest BCUT2D eigenvalue weighted by atomic mass is 9.92. The topological polar surface area (TPSA) is 85.9 Å². The highest BCUT2D eigenvalue weighted by molar-refractivity contribution is 6.32. The number of hydrogen-bond donors (Lipinski definition) is 2. The maximum absolute atomic E-state index is 12.9. The van der Waals surface area contributed by atoms with E-state index in [4.69, 9.17) is 25.8 Å². The SMILES string of the molecule is CCOC(=O)C1=C(c2ccccc2)NC(=O)N[C@H]1c1cc(Cl)c(OC)c(OC)c1. The Bertz CT molecular complexity index is 959. The van der Waals surface area contributed by atoms with Crippen LogP contribution in [-0.2, 0) is 9.53 Å². The van der Waals surface area contributed by atoms with Crippen LogP contribution in [-0.4, -0.2) is 32.8 Å². The van der Waals surface area contributed by atoms with Gasteiger partial charge in [0.05, 0.1) is 43.2 Å². The molecule has 29 heavy (non-hydrogen) atoms. The maximum Gasteiger partial charge on any atom is 0.338 e. The third-order valence-electron chi connectivity index (χ3n) is 4.42. The van der Waals surface area contributed by atoms with E-state index in [0.717, 1.165) is 0 Å². The lowest BCUT2D eigenvalue weighted by Gasteiger charge is -2.30. The van der Waals surface area contributed by atoms with E-state index < -0.39 is 18.0 Å². The van der Waals surface area contributed by atoms with E-state index in [9.17, 15) is 9.59 Å². The Morgan fingerprint density at radius 3 is 2.48 bits per heavy atom. The lowest BCUT2D eigenvalue weighted by Crippen LogP contribution is -2.45. The van der Waals surface area contributed by atoms with Crippen LogP contribution < -0.4 is 20.1 Å². The fourth-order valence-corrected chi connectivity index (χ4v) is 3.48. The number of amides is 2. The van der Waals surface area contributed by atoms with E-state index in [1.54, 1.807) is 31.2 Å². The number of hydrogen-bond acceptors (Lipinski definition) is 5. The molecule has 0 aliphatic carbocycles. The molecule has 2 N–H and O–H groups in total. The van der Waals surface area contributed by atoms with Gasteiger partial charge in [0, 0.05) is 0 Å². The van der Waals surface area contributed by atoms with Gasteiger partial charge in [0.15, 0.2) is 11.5 Å². The van der Waals surface area contributed by atoms with Gasteiger partial charge in [-0.15, -0.1) is 0 Å². The number of benzene rings is 2. The molecule has 2 aromatic carbocycles. The van der Waals surface area contributed by atoms with E-state index in [1.807, 2.05) is 18.2 Å². The molecule has 0 spiro atoms. The molecule has 0 saturated heterocycles. The number of esters is 1. The number of methoxy groups -OCH3 is 2. The van der Waals surface area contributed by atoms with Gasteiger partial charge in [-0.3, -0.25) is 0 Å². The van der Waals surface area contributed by atoms with E-state index in [1.165, 1.54) is 14.2 Å². The fourth-order valence-electron chi connectivity index (χ4n) is 3.18. The minimum Gasteiger partial charge on any atom is -0.493 e. The molecule has 0 saturated carbocycles. The van der Waals surface area contributed by atoms with Crippen molar-refractivity contribution in [3.05, 3.63) is 64.2 Å². The molecule has 0 fully saturated rings. The third kappa shape index (κ3) is 4.14. The van der Waals surface area contributed by atoms with Crippen molar-refractivity contribution >= 4 is 29.3 Å². The third-order valence-corrected chi connectivity index (χ3v) is 4.70. The maximum atomic E-state index is 12.9. The number of carbonyl (C=O) groups excluding carboxylic acids is 2. The van der Waals surface area contributed by atoms with Crippen molar-refractivity contribution in [1.29, 1.82) is 0 Å². The Morgan fingerprint density at radius 1 is 1.14 bits per heavy atom. The van der Waals surface area contributed by atoms with Crippen LogP contribution in [0.5, 0.6) is 11.5 Å². The van der Waals surface area contributed by atoms with Crippen molar-refractivity contribution < 1.29 is 23.8 Å². The first kappa shape index (κ1) is 20.5. The van der Waals surface area contributed by atoms with Gasteiger partial charge in [0.2, 0.25) is 0 Å². The van der Waals surface area contributed by atoms with Crippen molar-refractivity contribution in [3.63, 3.8) is 0 Å². The molecule has 3 rings (SSSR count). The van der Waals surface area contributed by atoms with Crippen molar-refractivity contribution in [2.45, 2.75) is 13.0 Å². The van der Waals surface area contributed by atoms with E-state index in [2.05, 4.69) is 10.6 Å². The Hall–Kier alpha value is -3.19. The summed E-state index contributed by atoms with van der Waals surface area (Å²) in [7, 11) is 2.96. The van der Waals surface area contributed by atoms with Crippen LogP contribution in [0.2, 0.25) is 5.02 Å². The lowest BCUT2D eigenvalue weighted by molar-refractivity contribution is -0.138. The van der Waals surface area contributed by atoms with E-state index in [0.29, 0.717) is 33.3 Å². The van der Waals surface area contributed by atoms with Crippen LogP contribution in [0.15, 0.2) is 48.0 Å². The Labute approximate surface area is 173 Å². The molecule has 0 unspecified atom stereocenters. The van der Waals surface area contributed by atoms with Crippen molar-refractivity contribution in [2.75, 3.05) is 20.8 Å². The summed E-state index contributed by atoms with van der Waals surface area (Å²) in [5.41, 5.74) is 1.88. The molecule has 1 aliphatic rings. The molecule has 7 nitrogen and oxygen atoms in total. The number of nitrogens with one attached hydrogen (secondary N) is 2. The summed E-state index contributed by atoms with van der Waals surface area (Å²) in [5, 5.41) is 5.79. The van der Waals surface area contributed by atoms with Crippen LogP contribution in [0.4, 0.5) is 4.79 Å². The zero-order chi connectivity index (χ0) is 21.0. The second-order valence-electron chi connectivity index (χ2n) is 6.14. The zero-order valence-electron chi connectivity index (χ0n) is 16.2. The zero-order valence-corrected chi connectivity index (χ0v) is 17.0. The number of halogens is 1. The summed E-state index contributed by atoms with van der Waals surface area (Å²) in [6.07, 6.45) is 0. The number of carbonyl (C=O) groups is 2. The van der Waals surface area contributed by atoms with Crippen LogP contribution >= 0.6 is 11.6 Å². The summed E-state index contributed by atoms with van der Waals surface area (Å²) in [6.45, 7) is 1.91.